The maximum atomic E-state index is 6.46. The lowest BCUT2D eigenvalue weighted by molar-refractivity contribution is 0.190. The molecule has 3 heteroatoms. The highest BCUT2D eigenvalue weighted by Crippen LogP contribution is 2.24. The molecule has 2 N–H and O–H groups in total. The van der Waals surface area contributed by atoms with Gasteiger partial charge in [-0.3, -0.25) is 0 Å². The Labute approximate surface area is 106 Å². The summed E-state index contributed by atoms with van der Waals surface area (Å²) in [5.74, 6) is 0. The molecule has 0 saturated carbocycles. The lowest BCUT2D eigenvalue weighted by Gasteiger charge is -2.37. The monoisotopic (exact) mass is 282 g/mol. The van der Waals surface area contributed by atoms with Crippen LogP contribution in [0.2, 0.25) is 0 Å². The van der Waals surface area contributed by atoms with Gasteiger partial charge < -0.3 is 10.6 Å². The summed E-state index contributed by atoms with van der Waals surface area (Å²) in [6, 6.07) is 8.48. The standard InChI is InChI=1S/C13H19BrN2/c1-16-7-5-13(15,6-8-16)10-11-3-2-4-12(14)9-11/h2-4,9H,5-8,10,15H2,1H3. The molecule has 1 heterocycles. The molecule has 0 spiro atoms. The molecule has 1 fully saturated rings. The Hall–Kier alpha value is -0.380. The molecule has 1 aromatic rings. The quantitative estimate of drug-likeness (QED) is 0.903. The largest absolute Gasteiger partial charge is 0.325 e. The minimum Gasteiger partial charge on any atom is -0.325 e. The van der Waals surface area contributed by atoms with Crippen molar-refractivity contribution in [2.24, 2.45) is 5.73 Å². The first-order chi connectivity index (χ1) is 7.57. The molecule has 1 aromatic carbocycles. The van der Waals surface area contributed by atoms with Gasteiger partial charge in [-0.25, -0.2) is 0 Å². The van der Waals surface area contributed by atoms with Crippen molar-refractivity contribution in [1.29, 1.82) is 0 Å². The molecule has 1 saturated heterocycles. The molecule has 0 atom stereocenters. The Morgan fingerprint density at radius 3 is 2.69 bits per heavy atom. The topological polar surface area (TPSA) is 29.3 Å². The van der Waals surface area contributed by atoms with Gasteiger partial charge in [-0.05, 0) is 57.1 Å². The highest BCUT2D eigenvalue weighted by atomic mass is 79.9. The van der Waals surface area contributed by atoms with Crippen molar-refractivity contribution < 1.29 is 0 Å². The van der Waals surface area contributed by atoms with E-state index in [9.17, 15) is 0 Å². The summed E-state index contributed by atoms with van der Waals surface area (Å²) in [7, 11) is 2.17. The van der Waals surface area contributed by atoms with Crippen LogP contribution in [0.4, 0.5) is 0 Å². The second kappa shape index (κ2) is 4.86. The fourth-order valence-electron chi connectivity index (χ4n) is 2.29. The first-order valence-electron chi connectivity index (χ1n) is 5.79. The molecule has 2 nitrogen and oxygen atoms in total. The van der Waals surface area contributed by atoms with Crippen LogP contribution in [-0.2, 0) is 6.42 Å². The normalized spacial score (nSPS) is 20.9. The third kappa shape index (κ3) is 3.06. The van der Waals surface area contributed by atoms with Crippen molar-refractivity contribution in [3.05, 3.63) is 34.3 Å². The van der Waals surface area contributed by atoms with Gasteiger partial charge in [-0.1, -0.05) is 28.1 Å². The zero-order valence-corrected chi connectivity index (χ0v) is 11.3. The summed E-state index contributed by atoms with van der Waals surface area (Å²) >= 11 is 3.51. The molecular weight excluding hydrogens is 264 g/mol. The SMILES string of the molecule is CN1CCC(N)(Cc2cccc(Br)c2)CC1. The van der Waals surface area contributed by atoms with Crippen LogP contribution < -0.4 is 5.73 Å². The summed E-state index contributed by atoms with van der Waals surface area (Å²) < 4.78 is 1.14. The second-order valence-corrected chi connectivity index (χ2v) is 5.89. The van der Waals surface area contributed by atoms with Crippen molar-refractivity contribution >= 4 is 15.9 Å². The maximum Gasteiger partial charge on any atom is 0.0219 e. The predicted molar refractivity (Wildman–Crippen MR) is 71.5 cm³/mol. The molecule has 0 aromatic heterocycles. The number of nitrogens with zero attached hydrogens (tertiary/aromatic N) is 1. The van der Waals surface area contributed by atoms with Gasteiger partial charge in [0.05, 0.1) is 0 Å². The molecule has 2 rings (SSSR count). The highest BCUT2D eigenvalue weighted by molar-refractivity contribution is 9.10. The molecule has 88 valence electrons. The van der Waals surface area contributed by atoms with Crippen molar-refractivity contribution in [3.8, 4) is 0 Å². The number of likely N-dealkylation sites (tertiary alicyclic amines) is 1. The number of nitrogens with two attached hydrogens (primary N) is 1. The summed E-state index contributed by atoms with van der Waals surface area (Å²) in [5, 5.41) is 0. The highest BCUT2D eigenvalue weighted by Gasteiger charge is 2.29. The predicted octanol–water partition coefficient (Wildman–Crippen LogP) is 2.41. The molecule has 0 amide bonds. The van der Waals surface area contributed by atoms with Gasteiger partial charge in [0.1, 0.15) is 0 Å². The number of hydrogen-bond acceptors (Lipinski definition) is 2. The van der Waals surface area contributed by atoms with Crippen LogP contribution in [-0.4, -0.2) is 30.6 Å². The van der Waals surface area contributed by atoms with Crippen LogP contribution in [0.1, 0.15) is 18.4 Å². The first kappa shape index (κ1) is 12.1. The van der Waals surface area contributed by atoms with Crippen molar-refractivity contribution in [2.45, 2.75) is 24.8 Å². The van der Waals surface area contributed by atoms with E-state index in [0.29, 0.717) is 0 Å². The first-order valence-corrected chi connectivity index (χ1v) is 6.59. The van der Waals surface area contributed by atoms with E-state index in [1.54, 1.807) is 0 Å². The average molecular weight is 283 g/mol. The van der Waals surface area contributed by atoms with E-state index in [2.05, 4.69) is 52.1 Å². The van der Waals surface area contributed by atoms with Gasteiger partial charge in [-0.2, -0.15) is 0 Å². The summed E-state index contributed by atoms with van der Waals surface area (Å²) in [6.45, 7) is 2.23. The summed E-state index contributed by atoms with van der Waals surface area (Å²) in [4.78, 5) is 2.35. The fraction of sp³-hybridized carbons (Fsp3) is 0.538. The van der Waals surface area contributed by atoms with Gasteiger partial charge in [0, 0.05) is 10.0 Å². The van der Waals surface area contributed by atoms with Crippen LogP contribution in [0.3, 0.4) is 0 Å². The molecule has 0 bridgehead atoms. The van der Waals surface area contributed by atoms with Gasteiger partial charge in [0.15, 0.2) is 0 Å². The van der Waals surface area contributed by atoms with Crippen molar-refractivity contribution in [3.63, 3.8) is 0 Å². The lowest BCUT2D eigenvalue weighted by atomic mass is 9.83. The number of halogens is 1. The van der Waals surface area contributed by atoms with E-state index in [0.717, 1.165) is 36.8 Å². The van der Waals surface area contributed by atoms with Crippen LogP contribution >= 0.6 is 15.9 Å². The van der Waals surface area contributed by atoms with Crippen LogP contribution in [0, 0.1) is 0 Å². The minimum absolute atomic E-state index is 0.00664. The van der Waals surface area contributed by atoms with E-state index in [-0.39, 0.29) is 5.54 Å². The lowest BCUT2D eigenvalue weighted by Crippen LogP contribution is -2.50. The third-order valence-electron chi connectivity index (χ3n) is 3.43. The Balaban J connectivity index is 2.03. The fourth-order valence-corrected chi connectivity index (χ4v) is 2.74. The van der Waals surface area contributed by atoms with Gasteiger partial charge in [0.25, 0.3) is 0 Å². The Morgan fingerprint density at radius 1 is 1.38 bits per heavy atom. The van der Waals surface area contributed by atoms with Gasteiger partial charge >= 0.3 is 0 Å². The zero-order valence-electron chi connectivity index (χ0n) is 9.75. The molecule has 0 aliphatic carbocycles. The van der Waals surface area contributed by atoms with E-state index < -0.39 is 0 Å². The smallest absolute Gasteiger partial charge is 0.0219 e. The number of piperidine rings is 1. The summed E-state index contributed by atoms with van der Waals surface area (Å²) in [6.07, 6.45) is 3.17. The maximum absolute atomic E-state index is 6.46. The second-order valence-electron chi connectivity index (χ2n) is 4.97. The molecule has 1 aliphatic rings. The Bertz CT molecular complexity index is 357. The Kier molecular flexibility index (Phi) is 3.67. The summed E-state index contributed by atoms with van der Waals surface area (Å²) in [5.41, 5.74) is 7.79. The van der Waals surface area contributed by atoms with E-state index in [1.165, 1.54) is 5.56 Å². The molecular formula is C13H19BrN2. The van der Waals surface area contributed by atoms with E-state index >= 15 is 0 Å². The van der Waals surface area contributed by atoms with E-state index in [1.807, 2.05) is 0 Å². The average Bonchev–Trinajstić information content (AvgIpc) is 2.23. The Morgan fingerprint density at radius 2 is 2.06 bits per heavy atom. The van der Waals surface area contributed by atoms with Gasteiger partial charge in [0.2, 0.25) is 0 Å². The molecule has 16 heavy (non-hydrogen) atoms. The zero-order chi connectivity index (χ0) is 11.6. The molecule has 0 radical (unpaired) electrons. The van der Waals surface area contributed by atoms with Crippen molar-refractivity contribution in [1.82, 2.24) is 4.90 Å². The number of rotatable bonds is 2. The van der Waals surface area contributed by atoms with Crippen LogP contribution in [0.5, 0.6) is 0 Å². The van der Waals surface area contributed by atoms with Crippen molar-refractivity contribution in [2.75, 3.05) is 20.1 Å². The molecule has 1 aliphatic heterocycles. The van der Waals surface area contributed by atoms with Gasteiger partial charge in [-0.15, -0.1) is 0 Å². The number of benzene rings is 1. The number of hydrogen-bond donors (Lipinski definition) is 1. The third-order valence-corrected chi connectivity index (χ3v) is 3.92. The van der Waals surface area contributed by atoms with Crippen LogP contribution in [0.15, 0.2) is 28.7 Å². The molecule has 0 unspecified atom stereocenters. The van der Waals surface area contributed by atoms with E-state index in [4.69, 9.17) is 5.73 Å². The van der Waals surface area contributed by atoms with Crippen LogP contribution in [0.25, 0.3) is 0 Å². The minimum atomic E-state index is -0.00664.